The van der Waals surface area contributed by atoms with E-state index >= 15 is 0 Å². The lowest BCUT2D eigenvalue weighted by molar-refractivity contribution is -0.146. The highest BCUT2D eigenvalue weighted by molar-refractivity contribution is 5.73. The molecule has 10 heteroatoms. The number of carbonyl (C=O) groups is 4. The lowest BCUT2D eigenvalue weighted by atomic mass is 9.87. The van der Waals surface area contributed by atoms with Crippen LogP contribution in [0.4, 0.5) is 0 Å². The van der Waals surface area contributed by atoms with Gasteiger partial charge in [0.1, 0.15) is 0 Å². The second kappa shape index (κ2) is 11.4. The first-order valence-corrected chi connectivity index (χ1v) is 10.1. The maximum absolute atomic E-state index is 11.5. The van der Waals surface area contributed by atoms with Gasteiger partial charge in [-0.05, 0) is 24.0 Å². The second-order valence-electron chi connectivity index (χ2n) is 7.80. The minimum Gasteiger partial charge on any atom is -0.481 e. The van der Waals surface area contributed by atoms with Crippen molar-refractivity contribution in [2.24, 2.45) is 0 Å². The fraction of sp³-hybridized carbons (Fsp3) is 0.524. The van der Waals surface area contributed by atoms with Crippen LogP contribution in [0.5, 0.6) is 0 Å². The fourth-order valence-electron chi connectivity index (χ4n) is 4.22. The van der Waals surface area contributed by atoms with Crippen LogP contribution in [-0.4, -0.2) is 85.8 Å². The summed E-state index contributed by atoms with van der Waals surface area (Å²) in [6.45, 7) is -0.864. The van der Waals surface area contributed by atoms with Crippen molar-refractivity contribution in [1.29, 1.82) is 0 Å². The molecule has 2 unspecified atom stereocenters. The summed E-state index contributed by atoms with van der Waals surface area (Å²) >= 11 is 0. The number of nitrogens with zero attached hydrogens (tertiary/aromatic N) is 2. The van der Waals surface area contributed by atoms with E-state index in [9.17, 15) is 34.5 Å². The van der Waals surface area contributed by atoms with E-state index in [1.54, 1.807) is 29.2 Å². The van der Waals surface area contributed by atoms with Crippen molar-refractivity contribution in [3.63, 3.8) is 0 Å². The molecule has 0 radical (unpaired) electrons. The van der Waals surface area contributed by atoms with Gasteiger partial charge in [0.15, 0.2) is 0 Å². The highest BCUT2D eigenvalue weighted by Gasteiger charge is 2.36. The molecule has 4 N–H and O–H groups in total. The molecule has 0 aliphatic heterocycles. The Kier molecular flexibility index (Phi) is 8.95. The van der Waals surface area contributed by atoms with Crippen LogP contribution in [0.1, 0.15) is 36.8 Å². The molecular formula is C21H28N2O8. The first-order valence-electron chi connectivity index (χ1n) is 10.1. The highest BCUT2D eigenvalue weighted by atomic mass is 16.4. The van der Waals surface area contributed by atoms with Gasteiger partial charge in [0.25, 0.3) is 0 Å². The lowest BCUT2D eigenvalue weighted by Crippen LogP contribution is -2.56. The first-order chi connectivity index (χ1) is 14.7. The summed E-state index contributed by atoms with van der Waals surface area (Å²) < 4.78 is 0. The van der Waals surface area contributed by atoms with Crippen LogP contribution in [0.2, 0.25) is 0 Å². The van der Waals surface area contributed by atoms with E-state index in [4.69, 9.17) is 5.11 Å². The number of hydrogen-bond donors (Lipinski definition) is 4. The van der Waals surface area contributed by atoms with Gasteiger partial charge in [-0.3, -0.25) is 29.0 Å². The minimum atomic E-state index is -1.13. The molecule has 1 fully saturated rings. The molecule has 1 aromatic carbocycles. The summed E-state index contributed by atoms with van der Waals surface area (Å²) in [6.07, 6.45) is 2.75. The number of carboxylic acids is 4. The molecule has 1 saturated carbocycles. The molecule has 0 heterocycles. The predicted molar refractivity (Wildman–Crippen MR) is 109 cm³/mol. The third-order valence-corrected chi connectivity index (χ3v) is 5.41. The Bertz CT molecular complexity index is 779. The molecule has 10 nitrogen and oxygen atoms in total. The fourth-order valence-corrected chi connectivity index (χ4v) is 4.22. The molecule has 0 aromatic heterocycles. The van der Waals surface area contributed by atoms with Crippen LogP contribution in [0.25, 0.3) is 0 Å². The number of aliphatic carboxylic acids is 4. The molecule has 1 aromatic rings. The summed E-state index contributed by atoms with van der Waals surface area (Å²) in [5.74, 6) is -4.24. The van der Waals surface area contributed by atoms with Crippen LogP contribution < -0.4 is 0 Å². The topological polar surface area (TPSA) is 156 Å². The van der Waals surface area contributed by atoms with Crippen LogP contribution in [0.3, 0.4) is 0 Å². The van der Waals surface area contributed by atoms with Gasteiger partial charge in [-0.2, -0.15) is 0 Å². The molecule has 2 atom stereocenters. The number of benzene rings is 1. The van der Waals surface area contributed by atoms with Crippen LogP contribution in [0.15, 0.2) is 24.3 Å². The van der Waals surface area contributed by atoms with Gasteiger partial charge < -0.3 is 20.4 Å². The molecular weight excluding hydrogens is 408 g/mol. The molecule has 1 aliphatic carbocycles. The smallest absolute Gasteiger partial charge is 0.317 e. The van der Waals surface area contributed by atoms with Crippen molar-refractivity contribution < 1.29 is 39.6 Å². The van der Waals surface area contributed by atoms with E-state index in [0.29, 0.717) is 18.4 Å². The minimum absolute atomic E-state index is 0.108. The molecule has 0 bridgehead atoms. The van der Waals surface area contributed by atoms with Gasteiger partial charge in [0.2, 0.25) is 0 Å². The van der Waals surface area contributed by atoms with Crippen molar-refractivity contribution >= 4 is 23.9 Å². The molecule has 2 rings (SSSR count). The van der Waals surface area contributed by atoms with Crippen LogP contribution in [-0.2, 0) is 32.1 Å². The van der Waals surface area contributed by atoms with Crippen LogP contribution >= 0.6 is 0 Å². The zero-order valence-electron chi connectivity index (χ0n) is 17.1. The zero-order valence-corrected chi connectivity index (χ0v) is 17.1. The van der Waals surface area contributed by atoms with Crippen molar-refractivity contribution in [3.05, 3.63) is 35.4 Å². The Morgan fingerprint density at radius 3 is 1.55 bits per heavy atom. The SMILES string of the molecule is O=C(O)Cc1ccc(CN(CC(=O)O)C2CCCCC2N(CC(=O)O)CC(=O)O)cc1. The van der Waals surface area contributed by atoms with Gasteiger partial charge in [-0.15, -0.1) is 0 Å². The van der Waals surface area contributed by atoms with Gasteiger partial charge >= 0.3 is 23.9 Å². The summed E-state index contributed by atoms with van der Waals surface area (Å²) in [5, 5.41) is 36.8. The van der Waals surface area contributed by atoms with Crippen LogP contribution in [0, 0.1) is 0 Å². The third kappa shape index (κ3) is 7.99. The maximum Gasteiger partial charge on any atom is 0.317 e. The molecule has 31 heavy (non-hydrogen) atoms. The summed E-state index contributed by atoms with van der Waals surface area (Å²) in [4.78, 5) is 48.1. The molecule has 0 spiro atoms. The van der Waals surface area contributed by atoms with E-state index in [2.05, 4.69) is 0 Å². The maximum atomic E-state index is 11.5. The summed E-state index contributed by atoms with van der Waals surface area (Å²) in [5.41, 5.74) is 1.42. The van der Waals surface area contributed by atoms with Crippen molar-refractivity contribution in [1.82, 2.24) is 9.80 Å². The average molecular weight is 436 g/mol. The predicted octanol–water partition coefficient (Wildman–Crippen LogP) is 0.983. The quantitative estimate of drug-likeness (QED) is 0.372. The lowest BCUT2D eigenvalue weighted by Gasteiger charge is -2.44. The van der Waals surface area contributed by atoms with E-state index < -0.39 is 43.0 Å². The third-order valence-electron chi connectivity index (χ3n) is 5.41. The number of carboxylic acid groups (broad SMARTS) is 4. The molecule has 0 saturated heterocycles. The van der Waals surface area contributed by atoms with Gasteiger partial charge in [-0.1, -0.05) is 37.1 Å². The van der Waals surface area contributed by atoms with Gasteiger partial charge in [0.05, 0.1) is 26.1 Å². The van der Waals surface area contributed by atoms with Gasteiger partial charge in [-0.25, -0.2) is 0 Å². The number of rotatable bonds is 12. The Balaban J connectivity index is 2.25. The molecule has 0 amide bonds. The van der Waals surface area contributed by atoms with E-state index in [1.165, 1.54) is 4.90 Å². The largest absolute Gasteiger partial charge is 0.481 e. The molecule has 170 valence electrons. The zero-order chi connectivity index (χ0) is 23.0. The van der Waals surface area contributed by atoms with Gasteiger partial charge in [0, 0.05) is 18.6 Å². The Labute approximate surface area is 179 Å². The van der Waals surface area contributed by atoms with E-state index in [1.807, 2.05) is 0 Å². The standard InChI is InChI=1S/C21H28N2O8/c24-18(25)9-14-5-7-15(8-6-14)10-22(11-19(26)27)16-3-1-2-4-17(16)23(12-20(28)29)13-21(30)31/h5-8,16-17H,1-4,9-13H2,(H,24,25)(H,26,27)(H,28,29)(H,30,31). The Morgan fingerprint density at radius 1 is 0.677 bits per heavy atom. The second-order valence-corrected chi connectivity index (χ2v) is 7.80. The summed E-state index contributed by atoms with van der Waals surface area (Å²) in [6, 6.07) is 6.15. The van der Waals surface area contributed by atoms with E-state index in [0.717, 1.165) is 18.4 Å². The Morgan fingerprint density at radius 2 is 1.10 bits per heavy atom. The highest BCUT2D eigenvalue weighted by Crippen LogP contribution is 2.28. The van der Waals surface area contributed by atoms with Crippen molar-refractivity contribution in [3.8, 4) is 0 Å². The monoisotopic (exact) mass is 436 g/mol. The molecule has 1 aliphatic rings. The van der Waals surface area contributed by atoms with E-state index in [-0.39, 0.29) is 25.6 Å². The van der Waals surface area contributed by atoms with Crippen molar-refractivity contribution in [2.45, 2.75) is 50.7 Å². The number of hydrogen-bond acceptors (Lipinski definition) is 6. The summed E-state index contributed by atoms with van der Waals surface area (Å²) in [7, 11) is 0. The van der Waals surface area contributed by atoms with Crippen molar-refractivity contribution in [2.75, 3.05) is 19.6 Å². The first kappa shape index (κ1) is 24.3. The Hall–Kier alpha value is -2.98. The normalized spacial score (nSPS) is 18.8. The average Bonchev–Trinajstić information content (AvgIpc) is 2.67.